The molecule has 0 aliphatic carbocycles. The number of hydrogen-bond donors (Lipinski definition) is 3. The van der Waals surface area contributed by atoms with Crippen LogP contribution in [0.15, 0.2) is 24.3 Å². The number of benzene rings is 1. The van der Waals surface area contributed by atoms with Crippen LogP contribution in [0.2, 0.25) is 5.02 Å². The molecule has 0 aliphatic rings. The van der Waals surface area contributed by atoms with Gasteiger partial charge in [-0.3, -0.25) is 0 Å². The Morgan fingerprint density at radius 1 is 1.25 bits per heavy atom. The molecule has 0 saturated heterocycles. The molecule has 0 radical (unpaired) electrons. The second kappa shape index (κ2) is 7.19. The number of hydrogen-bond acceptors (Lipinski definition) is 5. The monoisotopic (exact) mass is 301 g/mol. The van der Waals surface area contributed by atoms with Crippen LogP contribution in [-0.2, 0) is 9.47 Å². The SMILES string of the molecule is NC(=O)OC(=O)NC[C@@H](OC(N)=O)c1cccc(Cl)c1. The topological polar surface area (TPSA) is 134 Å². The highest BCUT2D eigenvalue weighted by molar-refractivity contribution is 6.30. The van der Waals surface area contributed by atoms with Crippen LogP contribution >= 0.6 is 11.6 Å². The second-order valence-corrected chi connectivity index (χ2v) is 4.01. The van der Waals surface area contributed by atoms with Gasteiger partial charge in [-0.05, 0) is 17.7 Å². The van der Waals surface area contributed by atoms with E-state index in [4.69, 9.17) is 22.1 Å². The van der Waals surface area contributed by atoms with Crippen molar-refractivity contribution < 1.29 is 23.9 Å². The molecule has 0 saturated carbocycles. The standard InChI is InChI=1S/C11H12ClN3O5/c12-7-3-1-2-6(4-7)8(19-9(13)16)5-15-11(18)20-10(14)17/h1-4,8H,5H2,(H2,13,16)(H2,14,17)(H,15,18)/t8-/m1/s1. The molecule has 5 N–H and O–H groups in total. The zero-order chi connectivity index (χ0) is 15.1. The van der Waals surface area contributed by atoms with Crippen molar-refractivity contribution in [2.75, 3.05) is 6.54 Å². The van der Waals surface area contributed by atoms with Crippen LogP contribution in [0.4, 0.5) is 14.4 Å². The van der Waals surface area contributed by atoms with Crippen molar-refractivity contribution in [1.29, 1.82) is 0 Å². The summed E-state index contributed by atoms with van der Waals surface area (Å²) in [4.78, 5) is 32.3. The molecule has 20 heavy (non-hydrogen) atoms. The van der Waals surface area contributed by atoms with Crippen molar-refractivity contribution in [2.24, 2.45) is 11.5 Å². The Hall–Kier alpha value is -2.48. The minimum atomic E-state index is -1.25. The van der Waals surface area contributed by atoms with E-state index in [0.717, 1.165) is 0 Å². The predicted molar refractivity (Wildman–Crippen MR) is 68.9 cm³/mol. The number of halogens is 1. The molecule has 0 unspecified atom stereocenters. The van der Waals surface area contributed by atoms with E-state index in [1.54, 1.807) is 18.2 Å². The Morgan fingerprint density at radius 3 is 2.50 bits per heavy atom. The van der Waals surface area contributed by atoms with Crippen LogP contribution in [0.25, 0.3) is 0 Å². The third kappa shape index (κ3) is 5.44. The largest absolute Gasteiger partial charge is 0.440 e. The van der Waals surface area contributed by atoms with Crippen LogP contribution in [0.3, 0.4) is 0 Å². The summed E-state index contributed by atoms with van der Waals surface area (Å²) in [7, 11) is 0. The van der Waals surface area contributed by atoms with Gasteiger partial charge in [0.25, 0.3) is 0 Å². The fraction of sp³-hybridized carbons (Fsp3) is 0.182. The molecule has 1 rings (SSSR count). The van der Waals surface area contributed by atoms with E-state index in [1.165, 1.54) is 6.07 Å². The van der Waals surface area contributed by atoms with Gasteiger partial charge in [0.05, 0.1) is 6.54 Å². The third-order valence-electron chi connectivity index (χ3n) is 2.10. The number of carbonyl (C=O) groups is 3. The minimum absolute atomic E-state index is 0.171. The Bertz CT molecular complexity index is 523. The van der Waals surface area contributed by atoms with Gasteiger partial charge >= 0.3 is 18.3 Å². The summed E-state index contributed by atoms with van der Waals surface area (Å²) in [5.74, 6) is 0. The molecule has 1 atom stereocenters. The van der Waals surface area contributed by atoms with E-state index in [-0.39, 0.29) is 6.54 Å². The fourth-order valence-corrected chi connectivity index (χ4v) is 1.58. The molecule has 8 nitrogen and oxygen atoms in total. The summed E-state index contributed by atoms with van der Waals surface area (Å²) < 4.78 is 8.90. The van der Waals surface area contributed by atoms with Crippen LogP contribution < -0.4 is 16.8 Å². The fourth-order valence-electron chi connectivity index (χ4n) is 1.38. The summed E-state index contributed by atoms with van der Waals surface area (Å²) in [5.41, 5.74) is 10.1. The number of alkyl carbamates (subject to hydrolysis) is 1. The van der Waals surface area contributed by atoms with Crippen LogP contribution in [-0.4, -0.2) is 24.8 Å². The van der Waals surface area contributed by atoms with E-state index in [0.29, 0.717) is 10.6 Å². The van der Waals surface area contributed by atoms with Gasteiger partial charge in [-0.25, -0.2) is 14.4 Å². The maximum absolute atomic E-state index is 11.1. The molecule has 0 bridgehead atoms. The first-order chi connectivity index (χ1) is 9.38. The maximum atomic E-state index is 11.1. The van der Waals surface area contributed by atoms with Gasteiger partial charge in [0.2, 0.25) is 0 Å². The molecule has 108 valence electrons. The highest BCUT2D eigenvalue weighted by Crippen LogP contribution is 2.20. The van der Waals surface area contributed by atoms with Gasteiger partial charge in [0.1, 0.15) is 6.10 Å². The molecule has 3 amide bonds. The summed E-state index contributed by atoms with van der Waals surface area (Å²) in [6, 6.07) is 6.43. The van der Waals surface area contributed by atoms with Gasteiger partial charge in [0, 0.05) is 5.02 Å². The molecule has 9 heteroatoms. The van der Waals surface area contributed by atoms with Crippen LogP contribution in [0.5, 0.6) is 0 Å². The maximum Gasteiger partial charge on any atom is 0.416 e. The molecule has 1 aromatic rings. The molecule has 0 aliphatic heterocycles. The van der Waals surface area contributed by atoms with Crippen molar-refractivity contribution >= 4 is 29.9 Å². The lowest BCUT2D eigenvalue weighted by molar-refractivity contribution is 0.102. The lowest BCUT2D eigenvalue weighted by Crippen LogP contribution is -2.34. The first-order valence-electron chi connectivity index (χ1n) is 5.35. The molecular weight excluding hydrogens is 290 g/mol. The average molecular weight is 302 g/mol. The van der Waals surface area contributed by atoms with Gasteiger partial charge in [0.15, 0.2) is 0 Å². The summed E-state index contributed by atoms with van der Waals surface area (Å²) >= 11 is 5.81. The average Bonchev–Trinajstić information content (AvgIpc) is 2.33. The number of ether oxygens (including phenoxy) is 2. The number of nitrogens with one attached hydrogen (secondary N) is 1. The molecule has 0 heterocycles. The van der Waals surface area contributed by atoms with Crippen LogP contribution in [0, 0.1) is 0 Å². The highest BCUT2D eigenvalue weighted by atomic mass is 35.5. The number of primary amides is 2. The van der Waals surface area contributed by atoms with Crippen molar-refractivity contribution in [2.45, 2.75) is 6.10 Å². The van der Waals surface area contributed by atoms with Gasteiger partial charge in [-0.15, -0.1) is 0 Å². The van der Waals surface area contributed by atoms with Crippen molar-refractivity contribution in [3.05, 3.63) is 34.9 Å². The predicted octanol–water partition coefficient (Wildman–Crippen LogP) is 1.28. The molecular formula is C11H12ClN3O5. The Morgan fingerprint density at radius 2 is 1.95 bits per heavy atom. The zero-order valence-electron chi connectivity index (χ0n) is 10.2. The van der Waals surface area contributed by atoms with Crippen LogP contribution in [0.1, 0.15) is 11.7 Å². The Labute approximate surface area is 119 Å². The number of rotatable bonds is 4. The molecule has 0 aromatic heterocycles. The lowest BCUT2D eigenvalue weighted by atomic mass is 10.1. The quantitative estimate of drug-likeness (QED) is 0.720. The molecule has 1 aromatic carbocycles. The summed E-state index contributed by atoms with van der Waals surface area (Å²) in [5, 5.41) is 2.62. The van der Waals surface area contributed by atoms with Crippen molar-refractivity contribution in [1.82, 2.24) is 5.32 Å². The van der Waals surface area contributed by atoms with E-state index in [1.807, 2.05) is 0 Å². The summed E-state index contributed by atoms with van der Waals surface area (Å²) in [6.45, 7) is -0.171. The van der Waals surface area contributed by atoms with E-state index in [9.17, 15) is 14.4 Å². The normalized spacial score (nSPS) is 11.2. The summed E-state index contributed by atoms with van der Waals surface area (Å²) in [6.07, 6.45) is -4.23. The molecule has 0 fully saturated rings. The van der Waals surface area contributed by atoms with E-state index >= 15 is 0 Å². The Balaban J connectivity index is 2.72. The number of nitrogens with two attached hydrogens (primary N) is 2. The second-order valence-electron chi connectivity index (χ2n) is 3.57. The third-order valence-corrected chi connectivity index (χ3v) is 2.34. The Kier molecular flexibility index (Phi) is 5.60. The zero-order valence-corrected chi connectivity index (χ0v) is 10.9. The number of amides is 3. The minimum Gasteiger partial charge on any atom is -0.440 e. The van der Waals surface area contributed by atoms with Gasteiger partial charge in [-0.2, -0.15) is 0 Å². The number of carbonyl (C=O) groups excluding carboxylic acids is 3. The highest BCUT2D eigenvalue weighted by Gasteiger charge is 2.17. The molecule has 0 spiro atoms. The first-order valence-corrected chi connectivity index (χ1v) is 5.73. The van der Waals surface area contributed by atoms with Crippen molar-refractivity contribution in [3.8, 4) is 0 Å². The van der Waals surface area contributed by atoms with Gasteiger partial charge < -0.3 is 26.3 Å². The van der Waals surface area contributed by atoms with Crippen molar-refractivity contribution in [3.63, 3.8) is 0 Å². The lowest BCUT2D eigenvalue weighted by Gasteiger charge is -2.17. The van der Waals surface area contributed by atoms with Gasteiger partial charge in [-0.1, -0.05) is 23.7 Å². The van der Waals surface area contributed by atoms with E-state index < -0.39 is 24.4 Å². The first kappa shape index (κ1) is 15.6. The van der Waals surface area contributed by atoms with E-state index in [2.05, 4.69) is 15.8 Å². The smallest absolute Gasteiger partial charge is 0.416 e.